The molecule has 0 fully saturated rings. The molecule has 0 spiro atoms. The van der Waals surface area contributed by atoms with Crippen molar-refractivity contribution in [2.45, 2.75) is 40.0 Å². The second-order valence-corrected chi connectivity index (χ2v) is 4.21. The molecule has 1 nitrogen and oxygen atoms in total. The Hall–Kier alpha value is -0.720. The summed E-state index contributed by atoms with van der Waals surface area (Å²) in [6.07, 6.45) is 10.5. The summed E-state index contributed by atoms with van der Waals surface area (Å²) in [6.45, 7) is 9.22. The lowest BCUT2D eigenvalue weighted by molar-refractivity contribution is 0.323. The van der Waals surface area contributed by atoms with Crippen molar-refractivity contribution < 1.29 is 0 Å². The Morgan fingerprint density at radius 3 is 2.43 bits per heavy atom. The summed E-state index contributed by atoms with van der Waals surface area (Å²) in [4.78, 5) is 2.54. The highest BCUT2D eigenvalue weighted by atomic mass is 15.1. The Labute approximate surface area is 88.5 Å². The fraction of sp³-hybridized carbons (Fsp3) is 0.692. The van der Waals surface area contributed by atoms with E-state index in [0.29, 0.717) is 5.92 Å². The van der Waals surface area contributed by atoms with Crippen molar-refractivity contribution in [3.63, 3.8) is 0 Å². The van der Waals surface area contributed by atoms with E-state index in [4.69, 9.17) is 0 Å². The first-order chi connectivity index (χ1) is 6.77. The first-order valence-electron chi connectivity index (χ1n) is 5.90. The number of hydrogen-bond donors (Lipinski definition) is 0. The van der Waals surface area contributed by atoms with Crippen molar-refractivity contribution in [2.75, 3.05) is 13.1 Å². The monoisotopic (exact) mass is 193 g/mol. The summed E-state index contributed by atoms with van der Waals surface area (Å²) in [5.41, 5.74) is 1.53. The Kier molecular flexibility index (Phi) is 4.78. The van der Waals surface area contributed by atoms with E-state index in [9.17, 15) is 0 Å². The summed E-state index contributed by atoms with van der Waals surface area (Å²) in [7, 11) is 0. The van der Waals surface area contributed by atoms with Crippen LogP contribution < -0.4 is 0 Å². The van der Waals surface area contributed by atoms with Gasteiger partial charge in [-0.15, -0.1) is 0 Å². The normalized spacial score (nSPS) is 20.8. The van der Waals surface area contributed by atoms with Gasteiger partial charge in [0.25, 0.3) is 0 Å². The van der Waals surface area contributed by atoms with E-state index in [1.165, 1.54) is 38.0 Å². The fourth-order valence-electron chi connectivity index (χ4n) is 2.00. The van der Waals surface area contributed by atoms with Crippen LogP contribution in [0.25, 0.3) is 0 Å². The number of nitrogens with zero attached hydrogens (tertiary/aromatic N) is 1. The second kappa shape index (κ2) is 5.90. The molecule has 1 aliphatic carbocycles. The van der Waals surface area contributed by atoms with Gasteiger partial charge in [-0.3, -0.25) is 0 Å². The highest BCUT2D eigenvalue weighted by molar-refractivity contribution is 5.18. The molecule has 80 valence electrons. The molecule has 0 saturated carbocycles. The summed E-state index contributed by atoms with van der Waals surface area (Å²) in [6, 6.07) is 0. The highest BCUT2D eigenvalue weighted by Crippen LogP contribution is 2.21. The maximum atomic E-state index is 2.54. The molecule has 1 aliphatic rings. The molecule has 1 heteroatoms. The van der Waals surface area contributed by atoms with Gasteiger partial charge in [-0.05, 0) is 31.3 Å². The van der Waals surface area contributed by atoms with E-state index in [2.05, 4.69) is 43.9 Å². The van der Waals surface area contributed by atoms with Gasteiger partial charge in [-0.1, -0.05) is 32.9 Å². The lowest BCUT2D eigenvalue weighted by atomic mass is 9.99. The van der Waals surface area contributed by atoms with Crippen molar-refractivity contribution in [3.05, 3.63) is 23.9 Å². The van der Waals surface area contributed by atoms with Crippen molar-refractivity contribution in [1.82, 2.24) is 4.90 Å². The summed E-state index contributed by atoms with van der Waals surface area (Å²) < 4.78 is 0. The van der Waals surface area contributed by atoms with Crippen molar-refractivity contribution >= 4 is 0 Å². The van der Waals surface area contributed by atoms with Crippen LogP contribution >= 0.6 is 0 Å². The van der Waals surface area contributed by atoms with Gasteiger partial charge in [-0.25, -0.2) is 0 Å². The molecule has 1 unspecified atom stereocenters. The van der Waals surface area contributed by atoms with E-state index < -0.39 is 0 Å². The molecule has 0 amide bonds. The van der Waals surface area contributed by atoms with E-state index in [1.54, 1.807) is 0 Å². The molecule has 0 radical (unpaired) electrons. The molecule has 0 aromatic carbocycles. The third-order valence-electron chi connectivity index (χ3n) is 2.65. The summed E-state index contributed by atoms with van der Waals surface area (Å²) in [5.74, 6) is 0.714. The third kappa shape index (κ3) is 3.21. The van der Waals surface area contributed by atoms with Gasteiger partial charge < -0.3 is 4.90 Å². The minimum absolute atomic E-state index is 0.714. The molecule has 0 aromatic heterocycles. The molecular weight excluding hydrogens is 170 g/mol. The molecule has 0 N–H and O–H groups in total. The minimum atomic E-state index is 0.714. The van der Waals surface area contributed by atoms with E-state index in [-0.39, 0.29) is 0 Å². The number of hydrogen-bond acceptors (Lipinski definition) is 1. The predicted molar refractivity (Wildman–Crippen MR) is 63.2 cm³/mol. The third-order valence-corrected chi connectivity index (χ3v) is 2.65. The average molecular weight is 193 g/mol. The Morgan fingerprint density at radius 1 is 1.29 bits per heavy atom. The molecule has 14 heavy (non-hydrogen) atoms. The smallest absolute Gasteiger partial charge is 0.0172 e. The minimum Gasteiger partial charge on any atom is -0.375 e. The van der Waals surface area contributed by atoms with Gasteiger partial charge in [0.1, 0.15) is 0 Å². The first-order valence-corrected chi connectivity index (χ1v) is 5.90. The topological polar surface area (TPSA) is 3.24 Å². The lowest BCUT2D eigenvalue weighted by Crippen LogP contribution is -2.26. The van der Waals surface area contributed by atoms with Crippen LogP contribution in [0.15, 0.2) is 23.9 Å². The molecule has 0 heterocycles. The summed E-state index contributed by atoms with van der Waals surface area (Å²) >= 11 is 0. The Bertz CT molecular complexity index is 209. The lowest BCUT2D eigenvalue weighted by Gasteiger charge is -2.29. The van der Waals surface area contributed by atoms with Gasteiger partial charge in [0, 0.05) is 18.8 Å². The van der Waals surface area contributed by atoms with Crippen LogP contribution in [0.1, 0.15) is 40.0 Å². The SMILES string of the molecule is CCCN(CCC)C1=CC=CC(C)C1. The largest absolute Gasteiger partial charge is 0.375 e. The first kappa shape index (κ1) is 11.4. The van der Waals surface area contributed by atoms with Crippen LogP contribution in [0.4, 0.5) is 0 Å². The van der Waals surface area contributed by atoms with Gasteiger partial charge in [-0.2, -0.15) is 0 Å². The quantitative estimate of drug-likeness (QED) is 0.645. The van der Waals surface area contributed by atoms with Crippen LogP contribution in [-0.2, 0) is 0 Å². The predicted octanol–water partition coefficient (Wildman–Crippen LogP) is 3.59. The van der Waals surface area contributed by atoms with Crippen molar-refractivity contribution in [2.24, 2.45) is 5.92 Å². The fourth-order valence-corrected chi connectivity index (χ4v) is 2.00. The second-order valence-electron chi connectivity index (χ2n) is 4.21. The Balaban J connectivity index is 2.58. The molecule has 1 atom stereocenters. The standard InChI is InChI=1S/C13H23N/c1-4-9-14(10-5-2)13-8-6-7-12(3)11-13/h6-8,12H,4-5,9-11H2,1-3H3. The van der Waals surface area contributed by atoms with Crippen LogP contribution in [0, 0.1) is 5.92 Å². The van der Waals surface area contributed by atoms with Crippen molar-refractivity contribution in [3.8, 4) is 0 Å². The van der Waals surface area contributed by atoms with Crippen molar-refractivity contribution in [1.29, 1.82) is 0 Å². The van der Waals surface area contributed by atoms with Crippen LogP contribution in [0.5, 0.6) is 0 Å². The van der Waals surface area contributed by atoms with E-state index in [1.807, 2.05) is 0 Å². The molecule has 1 rings (SSSR count). The van der Waals surface area contributed by atoms with E-state index in [0.717, 1.165) is 0 Å². The zero-order valence-corrected chi connectivity index (χ0v) is 9.79. The zero-order valence-electron chi connectivity index (χ0n) is 9.79. The van der Waals surface area contributed by atoms with Crippen LogP contribution in [0.2, 0.25) is 0 Å². The molecule has 0 aliphatic heterocycles. The average Bonchev–Trinajstić information content (AvgIpc) is 2.17. The maximum absolute atomic E-state index is 2.54. The van der Waals surface area contributed by atoms with Crippen LogP contribution in [-0.4, -0.2) is 18.0 Å². The molecular formula is C13H23N. The van der Waals surface area contributed by atoms with Crippen LogP contribution in [0.3, 0.4) is 0 Å². The molecule has 0 saturated heterocycles. The van der Waals surface area contributed by atoms with Gasteiger partial charge in [0.05, 0.1) is 0 Å². The maximum Gasteiger partial charge on any atom is 0.0172 e. The zero-order chi connectivity index (χ0) is 10.4. The van der Waals surface area contributed by atoms with Gasteiger partial charge in [0.2, 0.25) is 0 Å². The highest BCUT2D eigenvalue weighted by Gasteiger charge is 2.12. The van der Waals surface area contributed by atoms with Gasteiger partial charge in [0.15, 0.2) is 0 Å². The molecule has 0 bridgehead atoms. The summed E-state index contributed by atoms with van der Waals surface area (Å²) in [5, 5.41) is 0. The van der Waals surface area contributed by atoms with E-state index >= 15 is 0 Å². The molecule has 0 aromatic rings. The Morgan fingerprint density at radius 2 is 1.93 bits per heavy atom. The number of allylic oxidation sites excluding steroid dienone is 4. The van der Waals surface area contributed by atoms with Gasteiger partial charge >= 0.3 is 0 Å². The number of rotatable bonds is 5.